The molecular weight excluding hydrogens is 486 g/mol. The number of aliphatic hydroxyl groups is 1. The monoisotopic (exact) mass is 532 g/mol. The number of hydrogen-bond donors (Lipinski definition) is 4. The van der Waals surface area contributed by atoms with Crippen LogP contribution in [0.25, 0.3) is 0 Å². The van der Waals surface area contributed by atoms with Crippen LogP contribution in [0.15, 0.2) is 24.3 Å². The van der Waals surface area contributed by atoms with E-state index >= 15 is 0 Å². The summed E-state index contributed by atoms with van der Waals surface area (Å²) in [5.74, 6) is -0.498. The number of unbranched alkanes of at least 4 members (excludes halogenated alkanes) is 3. The van der Waals surface area contributed by atoms with Crippen LogP contribution in [0, 0.1) is 5.92 Å². The third kappa shape index (κ3) is 7.91. The van der Waals surface area contributed by atoms with Gasteiger partial charge in [0.15, 0.2) is 0 Å². The Hall–Kier alpha value is -2.69. The van der Waals surface area contributed by atoms with E-state index in [1.807, 2.05) is 12.1 Å². The lowest BCUT2D eigenvalue weighted by Crippen LogP contribution is -2.61. The number of piperazine rings is 1. The lowest BCUT2D eigenvalue weighted by Gasteiger charge is -2.38. The molecular formula is C28H46N5O5+. The lowest BCUT2D eigenvalue weighted by atomic mass is 9.92. The number of carbonyl (C=O) groups is 3. The average molecular weight is 533 g/mol. The van der Waals surface area contributed by atoms with E-state index in [0.717, 1.165) is 48.7 Å². The van der Waals surface area contributed by atoms with Gasteiger partial charge in [0.1, 0.15) is 24.4 Å². The maximum Gasteiger partial charge on any atom is 0.246 e. The Morgan fingerprint density at radius 2 is 1.97 bits per heavy atom. The molecule has 10 nitrogen and oxygen atoms in total. The van der Waals surface area contributed by atoms with Crippen LogP contribution in [0.5, 0.6) is 5.75 Å². The minimum Gasteiger partial charge on any atom is -0.491 e. The number of benzene rings is 1. The number of ether oxygens (including phenoxy) is 1. The van der Waals surface area contributed by atoms with Gasteiger partial charge < -0.3 is 35.6 Å². The van der Waals surface area contributed by atoms with E-state index in [2.05, 4.69) is 31.8 Å². The van der Waals surface area contributed by atoms with E-state index in [9.17, 15) is 14.4 Å². The van der Waals surface area contributed by atoms with Gasteiger partial charge in [0.25, 0.3) is 0 Å². The summed E-state index contributed by atoms with van der Waals surface area (Å²) in [6.07, 6.45) is 5.28. The first-order valence-electron chi connectivity index (χ1n) is 13.9. The van der Waals surface area contributed by atoms with Crippen molar-refractivity contribution in [1.82, 2.24) is 15.5 Å². The number of rotatable bonds is 15. The topological polar surface area (TPSA) is 134 Å². The summed E-state index contributed by atoms with van der Waals surface area (Å²) in [4.78, 5) is 42.0. The van der Waals surface area contributed by atoms with Crippen molar-refractivity contribution in [3.63, 3.8) is 0 Å². The Morgan fingerprint density at radius 3 is 2.68 bits per heavy atom. The molecule has 2 saturated heterocycles. The molecule has 1 aromatic rings. The van der Waals surface area contributed by atoms with Crippen LogP contribution in [0.2, 0.25) is 0 Å². The normalized spacial score (nSPS) is 23.2. The molecule has 3 amide bonds. The average Bonchev–Trinajstić information content (AvgIpc) is 3.29. The van der Waals surface area contributed by atoms with Crippen LogP contribution in [-0.2, 0) is 14.4 Å². The van der Waals surface area contributed by atoms with Gasteiger partial charge in [-0.15, -0.1) is 0 Å². The molecule has 3 rings (SSSR count). The van der Waals surface area contributed by atoms with Crippen molar-refractivity contribution < 1.29 is 28.7 Å². The minimum atomic E-state index is -0.690. The molecule has 212 valence electrons. The van der Waals surface area contributed by atoms with Crippen molar-refractivity contribution in [2.75, 3.05) is 54.0 Å². The summed E-state index contributed by atoms with van der Waals surface area (Å²) >= 11 is 0. The summed E-state index contributed by atoms with van der Waals surface area (Å²) in [6, 6.07) is 5.41. The molecule has 0 radical (unpaired) electrons. The van der Waals surface area contributed by atoms with Crippen LogP contribution in [0.1, 0.15) is 56.6 Å². The van der Waals surface area contributed by atoms with Crippen LogP contribution in [0.3, 0.4) is 0 Å². The van der Waals surface area contributed by atoms with Crippen molar-refractivity contribution in [2.24, 2.45) is 11.7 Å². The minimum absolute atomic E-state index is 0.120. The van der Waals surface area contributed by atoms with Gasteiger partial charge in [-0.1, -0.05) is 18.6 Å². The van der Waals surface area contributed by atoms with Crippen molar-refractivity contribution in [3.05, 3.63) is 29.8 Å². The molecule has 0 unspecified atom stereocenters. The zero-order valence-electron chi connectivity index (χ0n) is 23.2. The highest BCUT2D eigenvalue weighted by atomic mass is 16.5. The van der Waals surface area contributed by atoms with Gasteiger partial charge in [0.05, 0.1) is 46.3 Å². The van der Waals surface area contributed by atoms with Crippen LogP contribution in [0.4, 0.5) is 0 Å². The van der Waals surface area contributed by atoms with E-state index in [-0.39, 0.29) is 37.4 Å². The third-order valence-electron chi connectivity index (χ3n) is 7.31. The van der Waals surface area contributed by atoms with E-state index in [0.29, 0.717) is 25.3 Å². The largest absolute Gasteiger partial charge is 0.491 e. The van der Waals surface area contributed by atoms with Gasteiger partial charge in [-0.25, -0.2) is 0 Å². The Labute approximate surface area is 226 Å². The maximum atomic E-state index is 13.8. The fraction of sp³-hybridized carbons (Fsp3) is 0.679. The molecule has 2 heterocycles. The fourth-order valence-electron chi connectivity index (χ4n) is 5.42. The number of carbonyl (C=O) groups excluding carboxylic acids is 3. The Morgan fingerprint density at radius 1 is 1.18 bits per heavy atom. The van der Waals surface area contributed by atoms with Gasteiger partial charge in [-0.05, 0) is 62.8 Å². The Kier molecular flexibility index (Phi) is 10.9. The summed E-state index contributed by atoms with van der Waals surface area (Å²) in [5, 5.41) is 15.1. The quantitative estimate of drug-likeness (QED) is 0.196. The maximum absolute atomic E-state index is 13.8. The molecule has 1 aromatic carbocycles. The molecule has 2 aliphatic rings. The Balaban J connectivity index is 1.82. The second-order valence-corrected chi connectivity index (χ2v) is 11.4. The second-order valence-electron chi connectivity index (χ2n) is 11.4. The zero-order valence-corrected chi connectivity index (χ0v) is 23.2. The summed E-state index contributed by atoms with van der Waals surface area (Å²) < 4.78 is 6.45. The highest BCUT2D eigenvalue weighted by Gasteiger charge is 2.54. The standard InChI is InChI=1S/C28H45N5O5/c1-33(2,3)15-8-5-12-23-28(37)32-24(27(36)31-23)19-22(26(35)30-14-7-4-6-13-29)25(32)20-10-9-11-21(18-20)38-17-16-34/h9-11,18,22-25,34H,4-8,12-17,19,29H2,1-3H3,(H-,30,31,35,36)/p+1/t22-,23-,24-,25-/m0/s1. The summed E-state index contributed by atoms with van der Waals surface area (Å²) in [5.41, 5.74) is 6.32. The van der Waals surface area contributed by atoms with Crippen LogP contribution in [-0.4, -0.2) is 98.3 Å². The lowest BCUT2D eigenvalue weighted by molar-refractivity contribution is -0.870. The number of amides is 3. The number of nitrogens with one attached hydrogen (secondary N) is 2. The molecule has 4 atom stereocenters. The first-order chi connectivity index (χ1) is 18.2. The number of fused-ring (bicyclic) bond motifs is 1. The molecule has 0 bridgehead atoms. The van der Waals surface area contributed by atoms with Crippen molar-refractivity contribution in [1.29, 1.82) is 0 Å². The first-order valence-corrected chi connectivity index (χ1v) is 13.9. The number of nitrogens with two attached hydrogens (primary N) is 1. The van der Waals surface area contributed by atoms with Gasteiger partial charge in [0.2, 0.25) is 17.7 Å². The molecule has 38 heavy (non-hydrogen) atoms. The van der Waals surface area contributed by atoms with Crippen LogP contribution < -0.4 is 21.1 Å². The summed E-state index contributed by atoms with van der Waals surface area (Å²) in [7, 11) is 6.40. The zero-order chi connectivity index (χ0) is 27.7. The molecule has 0 spiro atoms. The molecule has 2 aliphatic heterocycles. The second kappa shape index (κ2) is 13.9. The van der Waals surface area contributed by atoms with Crippen molar-refractivity contribution in [2.45, 2.75) is 63.1 Å². The van der Waals surface area contributed by atoms with E-state index in [1.165, 1.54) is 0 Å². The molecule has 10 heteroatoms. The fourth-order valence-corrected chi connectivity index (χ4v) is 5.42. The molecule has 5 N–H and O–H groups in total. The highest BCUT2D eigenvalue weighted by Crippen LogP contribution is 2.44. The molecule has 2 fully saturated rings. The third-order valence-corrected chi connectivity index (χ3v) is 7.31. The van der Waals surface area contributed by atoms with Gasteiger partial charge in [-0.2, -0.15) is 0 Å². The van der Waals surface area contributed by atoms with Crippen molar-refractivity contribution in [3.8, 4) is 5.75 Å². The number of hydrogen-bond acceptors (Lipinski definition) is 6. The SMILES string of the molecule is C[N+](C)(C)CCCC[C@@H]1NC(=O)[C@@H]2C[C@H](C(=O)NCCCCCN)[C@H](c3cccc(OCCO)c3)N2C1=O. The predicted octanol–water partition coefficient (Wildman–Crippen LogP) is 0.936. The number of nitrogens with zero attached hydrogens (tertiary/aromatic N) is 2. The van der Waals surface area contributed by atoms with Gasteiger partial charge >= 0.3 is 0 Å². The number of quaternary nitrogens is 1. The van der Waals surface area contributed by atoms with Crippen LogP contribution >= 0.6 is 0 Å². The van der Waals surface area contributed by atoms with E-state index in [1.54, 1.807) is 17.0 Å². The number of aliphatic hydroxyl groups excluding tert-OH is 1. The molecule has 0 saturated carbocycles. The Bertz CT molecular complexity index is 950. The highest BCUT2D eigenvalue weighted by molar-refractivity contribution is 5.99. The predicted molar refractivity (Wildman–Crippen MR) is 145 cm³/mol. The molecule has 0 aliphatic carbocycles. The van der Waals surface area contributed by atoms with E-state index < -0.39 is 24.0 Å². The van der Waals surface area contributed by atoms with Gasteiger partial charge in [0, 0.05) is 6.54 Å². The van der Waals surface area contributed by atoms with E-state index in [4.69, 9.17) is 15.6 Å². The first kappa shape index (κ1) is 29.9. The van der Waals surface area contributed by atoms with Crippen molar-refractivity contribution >= 4 is 17.7 Å². The van der Waals surface area contributed by atoms with Gasteiger partial charge in [-0.3, -0.25) is 14.4 Å². The molecule has 0 aromatic heterocycles. The smallest absolute Gasteiger partial charge is 0.246 e. The summed E-state index contributed by atoms with van der Waals surface area (Å²) in [6.45, 7) is 2.16.